The molecule has 0 amide bonds. The minimum absolute atomic E-state index is 0.00607. The number of carbonyl (C=O) groups is 1. The predicted octanol–water partition coefficient (Wildman–Crippen LogP) is 3.78. The molecule has 4 N–H and O–H groups in total. The number of anilines is 2. The van der Waals surface area contributed by atoms with Crippen LogP contribution in [0.5, 0.6) is 0 Å². The molecule has 0 bridgehead atoms. The molecule has 2 aliphatic rings. The molecule has 1 aromatic carbocycles. The number of aliphatic hydroxyl groups excluding tert-OH is 2. The van der Waals surface area contributed by atoms with E-state index in [1.165, 1.54) is 0 Å². The maximum absolute atomic E-state index is 11.7. The van der Waals surface area contributed by atoms with E-state index in [0.29, 0.717) is 12.8 Å². The second-order valence-corrected chi connectivity index (χ2v) is 10.0. The quantitative estimate of drug-likeness (QED) is 0.592. The molecule has 0 spiro atoms. The minimum Gasteiger partial charge on any atom is -0.481 e. The second-order valence-electron chi connectivity index (χ2n) is 8.95. The molecule has 0 radical (unpaired) electrons. The highest BCUT2D eigenvalue weighted by Gasteiger charge is 2.59. The summed E-state index contributed by atoms with van der Waals surface area (Å²) in [6, 6.07) is 9.79. The molecule has 2 aliphatic carbocycles. The zero-order valence-electron chi connectivity index (χ0n) is 16.8. The summed E-state index contributed by atoms with van der Waals surface area (Å²) >= 11 is 1.55. The topological polar surface area (TPSA) is 103 Å². The molecule has 4 rings (SSSR count). The van der Waals surface area contributed by atoms with Crippen molar-refractivity contribution >= 4 is 28.1 Å². The van der Waals surface area contributed by atoms with E-state index in [4.69, 9.17) is 4.98 Å². The standard InChI is InChI=1S/C22H28N2O4S/c1-21-9-8-17(26)22(2,12-25)16(21)11-15-19(14(21)10-18(27)28)24-20(29-15)23-13-6-4-3-5-7-13/h3-7,14,16-17,25-26H,8-12H2,1-2H3,(H,23,24)(H,27,28). The number of nitrogens with one attached hydrogen (secondary N) is 1. The molecule has 6 nitrogen and oxygen atoms in total. The number of aromatic nitrogens is 1. The van der Waals surface area contributed by atoms with E-state index in [1.807, 2.05) is 37.3 Å². The number of fused-ring (bicyclic) bond motifs is 2. The van der Waals surface area contributed by atoms with E-state index >= 15 is 0 Å². The molecule has 0 saturated heterocycles. The maximum atomic E-state index is 11.7. The smallest absolute Gasteiger partial charge is 0.304 e. The zero-order valence-corrected chi connectivity index (χ0v) is 17.6. The van der Waals surface area contributed by atoms with Gasteiger partial charge in [0, 0.05) is 21.9 Å². The van der Waals surface area contributed by atoms with Crippen LogP contribution in [0.15, 0.2) is 30.3 Å². The Morgan fingerprint density at radius 2 is 2.03 bits per heavy atom. The van der Waals surface area contributed by atoms with Crippen molar-refractivity contribution in [3.8, 4) is 0 Å². The van der Waals surface area contributed by atoms with Crippen molar-refractivity contribution in [3.05, 3.63) is 40.9 Å². The summed E-state index contributed by atoms with van der Waals surface area (Å²) in [7, 11) is 0. The van der Waals surface area contributed by atoms with Crippen LogP contribution in [-0.2, 0) is 11.2 Å². The Bertz CT molecular complexity index is 901. The molecule has 1 heterocycles. The number of nitrogens with zero attached hydrogens (tertiary/aromatic N) is 1. The van der Waals surface area contributed by atoms with Gasteiger partial charge in [0.25, 0.3) is 0 Å². The first-order chi connectivity index (χ1) is 13.8. The van der Waals surface area contributed by atoms with Crippen molar-refractivity contribution < 1.29 is 20.1 Å². The summed E-state index contributed by atoms with van der Waals surface area (Å²) in [5.41, 5.74) is 0.817. The highest BCUT2D eigenvalue weighted by atomic mass is 32.1. The molecule has 5 atom stereocenters. The van der Waals surface area contributed by atoms with Crippen molar-refractivity contribution in [2.45, 2.75) is 51.6 Å². The van der Waals surface area contributed by atoms with Crippen LogP contribution in [0, 0.1) is 16.7 Å². The van der Waals surface area contributed by atoms with E-state index in [1.54, 1.807) is 11.3 Å². The Kier molecular flexibility index (Phi) is 5.17. The fourth-order valence-electron chi connectivity index (χ4n) is 5.52. The van der Waals surface area contributed by atoms with Gasteiger partial charge in [-0.25, -0.2) is 4.98 Å². The number of benzene rings is 1. The average molecular weight is 417 g/mol. The molecule has 5 unspecified atom stereocenters. The van der Waals surface area contributed by atoms with E-state index in [0.717, 1.165) is 27.8 Å². The second kappa shape index (κ2) is 7.38. The summed E-state index contributed by atoms with van der Waals surface area (Å²) in [4.78, 5) is 17.6. The normalized spacial score (nSPS) is 33.6. The van der Waals surface area contributed by atoms with Crippen LogP contribution in [0.4, 0.5) is 10.8 Å². The van der Waals surface area contributed by atoms with Crippen LogP contribution in [0.25, 0.3) is 0 Å². The highest BCUT2D eigenvalue weighted by Crippen LogP contribution is 2.62. The monoisotopic (exact) mass is 416 g/mol. The minimum atomic E-state index is -0.842. The zero-order chi connectivity index (χ0) is 20.8. The number of hydrogen-bond acceptors (Lipinski definition) is 6. The lowest BCUT2D eigenvalue weighted by molar-refractivity contribution is -0.150. The molecule has 156 valence electrons. The van der Waals surface area contributed by atoms with Gasteiger partial charge < -0.3 is 20.6 Å². The summed E-state index contributed by atoms with van der Waals surface area (Å²) in [6.07, 6.45) is 1.41. The van der Waals surface area contributed by atoms with Crippen molar-refractivity contribution in [1.82, 2.24) is 4.98 Å². The van der Waals surface area contributed by atoms with Crippen LogP contribution in [0.2, 0.25) is 0 Å². The lowest BCUT2D eigenvalue weighted by Crippen LogP contribution is -2.57. The molecule has 0 aliphatic heterocycles. The van der Waals surface area contributed by atoms with Gasteiger partial charge in [0.15, 0.2) is 5.13 Å². The number of aliphatic carboxylic acids is 1. The summed E-state index contributed by atoms with van der Waals surface area (Å²) in [5.74, 6) is -1.09. The first kappa shape index (κ1) is 20.3. The van der Waals surface area contributed by atoms with E-state index in [2.05, 4.69) is 12.2 Å². The van der Waals surface area contributed by atoms with Crippen molar-refractivity contribution in [2.24, 2.45) is 16.7 Å². The maximum Gasteiger partial charge on any atom is 0.304 e. The molecule has 1 saturated carbocycles. The molecule has 1 fully saturated rings. The Morgan fingerprint density at radius 3 is 2.69 bits per heavy atom. The van der Waals surface area contributed by atoms with Gasteiger partial charge in [0.1, 0.15) is 0 Å². The van der Waals surface area contributed by atoms with Gasteiger partial charge >= 0.3 is 5.97 Å². The van der Waals surface area contributed by atoms with Crippen molar-refractivity contribution in [2.75, 3.05) is 11.9 Å². The van der Waals surface area contributed by atoms with E-state index < -0.39 is 17.5 Å². The van der Waals surface area contributed by atoms with Crippen LogP contribution in [0.1, 0.15) is 49.6 Å². The van der Waals surface area contributed by atoms with Gasteiger partial charge in [-0.05, 0) is 42.7 Å². The van der Waals surface area contributed by atoms with Gasteiger partial charge in [0.05, 0.1) is 24.8 Å². The number of rotatable bonds is 5. The number of thiazole rings is 1. The van der Waals surface area contributed by atoms with Crippen LogP contribution in [0.3, 0.4) is 0 Å². The Labute approximate surface area is 174 Å². The van der Waals surface area contributed by atoms with Crippen LogP contribution < -0.4 is 5.32 Å². The van der Waals surface area contributed by atoms with Gasteiger partial charge in [-0.1, -0.05) is 32.0 Å². The van der Waals surface area contributed by atoms with E-state index in [-0.39, 0.29) is 30.3 Å². The van der Waals surface area contributed by atoms with Crippen molar-refractivity contribution in [3.63, 3.8) is 0 Å². The largest absolute Gasteiger partial charge is 0.481 e. The molecule has 1 aromatic heterocycles. The van der Waals surface area contributed by atoms with Gasteiger partial charge in [-0.2, -0.15) is 0 Å². The van der Waals surface area contributed by atoms with Gasteiger partial charge in [-0.15, -0.1) is 11.3 Å². The molecular formula is C22H28N2O4S. The fraction of sp³-hybridized carbons (Fsp3) is 0.545. The van der Waals surface area contributed by atoms with Gasteiger partial charge in [0.2, 0.25) is 0 Å². The summed E-state index contributed by atoms with van der Waals surface area (Å²) in [6.45, 7) is 3.95. The fourth-order valence-corrected chi connectivity index (χ4v) is 6.61. The van der Waals surface area contributed by atoms with Crippen molar-refractivity contribution in [1.29, 1.82) is 0 Å². The van der Waals surface area contributed by atoms with E-state index in [9.17, 15) is 20.1 Å². The summed E-state index contributed by atoms with van der Waals surface area (Å²) in [5, 5.41) is 34.6. The Hall–Kier alpha value is -1.96. The number of carboxylic acids is 1. The molecular weight excluding hydrogens is 388 g/mol. The number of carboxylic acid groups (broad SMARTS) is 1. The average Bonchev–Trinajstić information content (AvgIpc) is 3.09. The van der Waals surface area contributed by atoms with Crippen LogP contribution >= 0.6 is 11.3 Å². The van der Waals surface area contributed by atoms with Crippen LogP contribution in [-0.4, -0.2) is 39.0 Å². The molecule has 7 heteroatoms. The lowest BCUT2D eigenvalue weighted by atomic mass is 9.47. The third kappa shape index (κ3) is 3.35. The number of aliphatic hydroxyl groups is 2. The first-order valence-corrected chi connectivity index (χ1v) is 10.9. The molecule has 29 heavy (non-hydrogen) atoms. The lowest BCUT2D eigenvalue weighted by Gasteiger charge is -2.58. The predicted molar refractivity (Wildman–Crippen MR) is 113 cm³/mol. The first-order valence-electron chi connectivity index (χ1n) is 10.1. The number of hydrogen-bond donors (Lipinski definition) is 4. The van der Waals surface area contributed by atoms with Gasteiger partial charge in [-0.3, -0.25) is 4.79 Å². The molecule has 2 aromatic rings. The number of para-hydroxylation sites is 1. The Balaban J connectivity index is 1.76. The highest BCUT2D eigenvalue weighted by molar-refractivity contribution is 7.15. The third-order valence-electron chi connectivity index (χ3n) is 7.30. The summed E-state index contributed by atoms with van der Waals surface area (Å²) < 4.78 is 0. The third-order valence-corrected chi connectivity index (χ3v) is 8.31. The Morgan fingerprint density at radius 1 is 1.31 bits per heavy atom. The SMILES string of the molecule is CC1(CO)C(O)CCC2(C)C(CC(=O)O)c3nc(Nc4ccccc4)sc3CC12.